The molecule has 0 N–H and O–H groups in total. The molecule has 0 aromatic carbocycles. The number of thioether (sulfide) groups is 2. The van der Waals surface area contributed by atoms with Gasteiger partial charge in [-0.15, -0.1) is 0 Å². The summed E-state index contributed by atoms with van der Waals surface area (Å²) < 4.78 is 28.6. The lowest BCUT2D eigenvalue weighted by molar-refractivity contribution is 0.0497. The highest BCUT2D eigenvalue weighted by atomic mass is 32.3. The maximum atomic E-state index is 12.6. The predicted molar refractivity (Wildman–Crippen MR) is 76.8 cm³/mol. The summed E-state index contributed by atoms with van der Waals surface area (Å²) in [6, 6.07) is 0. The minimum absolute atomic E-state index is 0.552. The number of rotatable bonds is 3. The van der Waals surface area contributed by atoms with Crippen molar-refractivity contribution in [2.45, 2.75) is 52.7 Å². The lowest BCUT2D eigenvalue weighted by Crippen LogP contribution is -2.23. The first-order valence-electron chi connectivity index (χ1n) is 5.37. The van der Waals surface area contributed by atoms with Crippen molar-refractivity contribution in [2.75, 3.05) is 5.08 Å². The normalized spacial score (nSPS) is 17.9. The second kappa shape index (κ2) is 5.25. The first kappa shape index (κ1) is 15.6. The number of hydrogen-bond donors (Lipinski definition) is 0. The monoisotopic (exact) mass is 297 g/mol. The fraction of sp³-hybridized carbons (Fsp3) is 0.900. The van der Waals surface area contributed by atoms with E-state index < -0.39 is 18.9 Å². The van der Waals surface area contributed by atoms with Crippen LogP contribution >= 0.6 is 31.3 Å². The van der Waals surface area contributed by atoms with Gasteiger partial charge in [0.1, 0.15) is 4.38 Å². The van der Waals surface area contributed by atoms with Gasteiger partial charge in [0.25, 0.3) is 0 Å². The highest BCUT2D eigenvalue weighted by Gasteiger charge is 2.36. The van der Waals surface area contributed by atoms with Gasteiger partial charge >= 0.3 is 7.75 Å². The van der Waals surface area contributed by atoms with E-state index in [-0.39, 0.29) is 0 Å². The van der Waals surface area contributed by atoms with Crippen molar-refractivity contribution in [1.29, 1.82) is 0 Å². The van der Waals surface area contributed by atoms with Crippen molar-refractivity contribution >= 4 is 35.6 Å². The van der Waals surface area contributed by atoms with Crippen LogP contribution in [0.5, 0.6) is 0 Å². The summed E-state index contributed by atoms with van der Waals surface area (Å²) in [5.74, 6) is 0. The zero-order chi connectivity index (χ0) is 13.3. The molecule has 1 fully saturated rings. The molecule has 0 atom stereocenters. The van der Waals surface area contributed by atoms with Crippen LogP contribution in [0.2, 0.25) is 0 Å². The van der Waals surface area contributed by atoms with Gasteiger partial charge in [0.05, 0.1) is 16.3 Å². The Morgan fingerprint density at radius 1 is 1.06 bits per heavy atom. The van der Waals surface area contributed by atoms with E-state index in [1.807, 2.05) is 41.5 Å². The van der Waals surface area contributed by atoms with Gasteiger partial charge in [0.15, 0.2) is 0 Å². The molecule has 4 nitrogen and oxygen atoms in total. The van der Waals surface area contributed by atoms with E-state index >= 15 is 0 Å². The zero-order valence-electron chi connectivity index (χ0n) is 11.1. The Morgan fingerprint density at radius 3 is 1.71 bits per heavy atom. The van der Waals surface area contributed by atoms with E-state index in [4.69, 9.17) is 9.05 Å². The maximum absolute atomic E-state index is 12.6. The Bertz CT molecular complexity index is 332. The van der Waals surface area contributed by atoms with E-state index in [9.17, 15) is 4.57 Å². The molecule has 100 valence electrons. The first-order valence-corrected chi connectivity index (χ1v) is 8.83. The molecule has 0 aromatic heterocycles. The Morgan fingerprint density at radius 2 is 1.47 bits per heavy atom. The third-order valence-electron chi connectivity index (χ3n) is 1.35. The van der Waals surface area contributed by atoms with E-state index in [2.05, 4.69) is 4.76 Å². The van der Waals surface area contributed by atoms with Crippen LogP contribution in [-0.2, 0) is 13.6 Å². The van der Waals surface area contributed by atoms with Crippen molar-refractivity contribution < 1.29 is 13.6 Å². The summed E-state index contributed by atoms with van der Waals surface area (Å²) in [5, 5.41) is 0.948. The van der Waals surface area contributed by atoms with Crippen molar-refractivity contribution in [3.05, 3.63) is 0 Å². The number of nitrogens with zero attached hydrogens (tertiary/aromatic N) is 1. The van der Waals surface area contributed by atoms with Gasteiger partial charge in [0.2, 0.25) is 0 Å². The molecule has 1 heterocycles. The van der Waals surface area contributed by atoms with Gasteiger partial charge in [-0.1, -0.05) is 23.5 Å². The molecule has 0 radical (unpaired) electrons. The van der Waals surface area contributed by atoms with Gasteiger partial charge in [0, 0.05) is 0 Å². The van der Waals surface area contributed by atoms with E-state index in [1.54, 1.807) is 23.5 Å². The molecule has 0 spiro atoms. The molecule has 1 aliphatic heterocycles. The molecule has 7 heteroatoms. The van der Waals surface area contributed by atoms with Crippen LogP contribution in [0.15, 0.2) is 4.76 Å². The fourth-order valence-electron chi connectivity index (χ4n) is 1.02. The van der Waals surface area contributed by atoms with Crippen LogP contribution < -0.4 is 0 Å². The standard InChI is InChI=1S/C10H20NO3PS2/c1-9(2,3)13-15(12,14-10(4,5)6)11-8-16-7-17-8/h7H2,1-6H3. The average molecular weight is 297 g/mol. The first-order chi connectivity index (χ1) is 7.49. The molecular formula is C10H20NO3PS2. The summed E-state index contributed by atoms with van der Waals surface area (Å²) in [6.07, 6.45) is 0. The van der Waals surface area contributed by atoms with Crippen molar-refractivity contribution in [2.24, 2.45) is 4.76 Å². The van der Waals surface area contributed by atoms with Crippen LogP contribution in [0.1, 0.15) is 41.5 Å². The van der Waals surface area contributed by atoms with Crippen molar-refractivity contribution in [1.82, 2.24) is 0 Å². The lowest BCUT2D eigenvalue weighted by Gasteiger charge is -2.30. The summed E-state index contributed by atoms with van der Waals surface area (Å²) in [6.45, 7) is 11.0. The largest absolute Gasteiger partial charge is 0.456 e. The van der Waals surface area contributed by atoms with E-state index in [1.165, 1.54) is 0 Å². The Kier molecular flexibility index (Phi) is 4.81. The third kappa shape index (κ3) is 6.30. The highest BCUT2D eigenvalue weighted by Crippen LogP contribution is 2.57. The van der Waals surface area contributed by atoms with Gasteiger partial charge in [-0.05, 0) is 41.5 Å². The molecular weight excluding hydrogens is 277 g/mol. The third-order valence-corrected chi connectivity index (χ3v) is 5.95. The SMILES string of the molecule is CC(C)(C)OP(=O)(N=C1SCS1)OC(C)(C)C. The molecule has 17 heavy (non-hydrogen) atoms. The lowest BCUT2D eigenvalue weighted by atomic mass is 10.2. The van der Waals surface area contributed by atoms with Gasteiger partial charge < -0.3 is 0 Å². The van der Waals surface area contributed by atoms with Crippen LogP contribution in [0, 0.1) is 0 Å². The average Bonchev–Trinajstić information content (AvgIpc) is 1.88. The van der Waals surface area contributed by atoms with Crippen LogP contribution in [0.3, 0.4) is 0 Å². The van der Waals surface area contributed by atoms with Gasteiger partial charge in [-0.25, -0.2) is 4.57 Å². The summed E-state index contributed by atoms with van der Waals surface area (Å²) >= 11 is 3.13. The molecule has 0 saturated carbocycles. The molecule has 1 rings (SSSR count). The highest BCUT2D eigenvalue weighted by molar-refractivity contribution is 8.52. The predicted octanol–water partition coefficient (Wildman–Crippen LogP) is 4.52. The topological polar surface area (TPSA) is 47.9 Å². The van der Waals surface area contributed by atoms with Crippen LogP contribution in [0.4, 0.5) is 0 Å². The zero-order valence-corrected chi connectivity index (χ0v) is 13.7. The Balaban J connectivity index is 2.88. The molecule has 0 unspecified atom stereocenters. The second-order valence-electron chi connectivity index (χ2n) is 5.65. The Labute approximate surface area is 112 Å². The van der Waals surface area contributed by atoms with Crippen molar-refractivity contribution in [3.63, 3.8) is 0 Å². The quantitative estimate of drug-likeness (QED) is 0.717. The number of hydrogen-bond acceptors (Lipinski definition) is 5. The minimum Gasteiger partial charge on any atom is -0.285 e. The molecule has 0 aromatic rings. The summed E-state index contributed by atoms with van der Waals surface area (Å²) in [5.41, 5.74) is -1.10. The van der Waals surface area contributed by atoms with Gasteiger partial charge in [-0.2, -0.15) is 4.76 Å². The fourth-order valence-corrected chi connectivity index (χ4v) is 4.68. The van der Waals surface area contributed by atoms with Crippen LogP contribution in [0.25, 0.3) is 0 Å². The molecule has 1 saturated heterocycles. The molecule has 1 aliphatic rings. The molecule has 0 aliphatic carbocycles. The van der Waals surface area contributed by atoms with E-state index in [0.717, 1.165) is 9.46 Å². The summed E-state index contributed by atoms with van der Waals surface area (Å²) in [7, 11) is -3.44. The molecule has 0 bridgehead atoms. The van der Waals surface area contributed by atoms with E-state index in [0.29, 0.717) is 0 Å². The Hall–Kier alpha value is 0.520. The summed E-state index contributed by atoms with van der Waals surface area (Å²) in [4.78, 5) is 0. The maximum Gasteiger partial charge on any atom is 0.456 e. The van der Waals surface area contributed by atoms with Gasteiger partial charge in [-0.3, -0.25) is 9.05 Å². The minimum atomic E-state index is -3.44. The second-order valence-corrected chi connectivity index (χ2v) is 9.70. The van der Waals surface area contributed by atoms with Crippen LogP contribution in [-0.4, -0.2) is 20.7 Å². The van der Waals surface area contributed by atoms with Crippen molar-refractivity contribution in [3.8, 4) is 0 Å². The smallest absolute Gasteiger partial charge is 0.285 e. The molecule has 0 amide bonds.